The zero-order valence-electron chi connectivity index (χ0n) is 23.4. The number of nitrogens with one attached hydrogen (secondary N) is 2. The number of aromatic nitrogens is 3. The highest BCUT2D eigenvalue weighted by molar-refractivity contribution is 6.07. The van der Waals surface area contributed by atoms with E-state index < -0.39 is 23.7 Å². The number of nitrogens with zero attached hydrogens (tertiary/aromatic N) is 5. The van der Waals surface area contributed by atoms with Crippen molar-refractivity contribution in [1.29, 1.82) is 0 Å². The van der Waals surface area contributed by atoms with Crippen LogP contribution < -0.4 is 10.6 Å². The largest absolute Gasteiger partial charge is 0.342 e. The summed E-state index contributed by atoms with van der Waals surface area (Å²) in [5.74, 6) is 0.141. The van der Waals surface area contributed by atoms with Crippen molar-refractivity contribution in [3.8, 4) is 0 Å². The van der Waals surface area contributed by atoms with Crippen LogP contribution in [0, 0.1) is 17.9 Å². The highest BCUT2D eigenvalue weighted by atomic mass is 16.2. The van der Waals surface area contributed by atoms with Crippen LogP contribution in [-0.2, 0) is 19.8 Å². The summed E-state index contributed by atoms with van der Waals surface area (Å²) in [4.78, 5) is 46.5. The number of benzene rings is 1. The Hall–Kier alpha value is -3.74. The van der Waals surface area contributed by atoms with Crippen LogP contribution in [0.1, 0.15) is 88.9 Å². The summed E-state index contributed by atoms with van der Waals surface area (Å²) < 4.78 is 1.67. The van der Waals surface area contributed by atoms with Crippen molar-refractivity contribution in [3.05, 3.63) is 53.1 Å². The first-order valence-electron chi connectivity index (χ1n) is 14.4. The third-order valence-electron chi connectivity index (χ3n) is 8.72. The molecule has 0 radical (unpaired) electrons. The van der Waals surface area contributed by atoms with Crippen LogP contribution in [0.4, 0.5) is 5.69 Å². The molecule has 2 aliphatic carbocycles. The highest BCUT2D eigenvalue weighted by Crippen LogP contribution is 2.47. The molecule has 1 aromatic heterocycles. The van der Waals surface area contributed by atoms with Crippen molar-refractivity contribution in [2.24, 2.45) is 11.3 Å². The summed E-state index contributed by atoms with van der Waals surface area (Å²) in [5, 5.41) is 14.6. The lowest BCUT2D eigenvalue weighted by molar-refractivity contribution is -0.138. The number of likely N-dealkylation sites (tertiary alicyclic amines) is 1. The SMILES string of the molecule is [C-]#[N+][C@@H]1C[C@@]2(CN1C(=O)[C@H](CC(C)(C)C)NC(=O)[C@H](CC1CC1)n1cc(C3CC3)nn1)C(=O)Nc1ccccc12. The Balaban J connectivity index is 1.26. The van der Waals surface area contributed by atoms with E-state index in [2.05, 4.69) is 25.8 Å². The van der Waals surface area contributed by atoms with E-state index in [1.165, 1.54) is 4.90 Å². The Kier molecular flexibility index (Phi) is 6.43. The molecule has 2 N–H and O–H groups in total. The summed E-state index contributed by atoms with van der Waals surface area (Å²) in [7, 11) is 0. The van der Waals surface area contributed by atoms with Gasteiger partial charge in [0, 0.05) is 24.3 Å². The molecule has 10 nitrogen and oxygen atoms in total. The molecule has 2 aliphatic heterocycles. The van der Waals surface area contributed by atoms with Gasteiger partial charge in [-0.1, -0.05) is 57.0 Å². The van der Waals surface area contributed by atoms with E-state index >= 15 is 0 Å². The Morgan fingerprint density at radius 3 is 2.65 bits per heavy atom. The molecule has 3 fully saturated rings. The van der Waals surface area contributed by atoms with Gasteiger partial charge >= 0.3 is 6.17 Å². The number of rotatable bonds is 8. The molecule has 10 heteroatoms. The minimum atomic E-state index is -0.966. The molecule has 4 aliphatic rings. The first-order chi connectivity index (χ1) is 19.1. The van der Waals surface area contributed by atoms with Crippen LogP contribution in [0.25, 0.3) is 4.85 Å². The van der Waals surface area contributed by atoms with Crippen LogP contribution >= 0.6 is 0 Å². The van der Waals surface area contributed by atoms with Gasteiger partial charge in [-0.2, -0.15) is 0 Å². The fraction of sp³-hybridized carbons (Fsp3) is 0.600. The summed E-state index contributed by atoms with van der Waals surface area (Å²) in [6.45, 7) is 14.1. The average molecular weight is 544 g/mol. The third kappa shape index (κ3) is 4.98. The molecule has 210 valence electrons. The second-order valence-electron chi connectivity index (χ2n) is 13.3. The summed E-state index contributed by atoms with van der Waals surface area (Å²) in [5.41, 5.74) is 1.24. The van der Waals surface area contributed by atoms with Crippen molar-refractivity contribution < 1.29 is 14.4 Å². The zero-order valence-corrected chi connectivity index (χ0v) is 23.4. The predicted molar refractivity (Wildman–Crippen MR) is 148 cm³/mol. The second kappa shape index (κ2) is 9.72. The first-order valence-corrected chi connectivity index (χ1v) is 14.4. The van der Waals surface area contributed by atoms with E-state index in [1.807, 2.05) is 51.2 Å². The predicted octanol–water partition coefficient (Wildman–Crippen LogP) is 3.79. The molecule has 0 unspecified atom stereocenters. The zero-order chi connectivity index (χ0) is 28.2. The molecule has 6 rings (SSSR count). The standard InChI is InChI=1S/C30H37N7O3/c1-29(2,3)14-22(32-26(38)24(13-18-9-10-18)37-16-23(34-35-37)19-11-12-19)27(39)36-17-30(15-25(36)31-4)20-7-5-6-8-21(20)33-28(30)40/h5-8,16,18-19,22,24-25H,9-15,17H2,1-3H3,(H,32,38)(H,33,40)/t22-,24-,25-,30-/m0/s1. The number of hydrogen-bond acceptors (Lipinski definition) is 5. The minimum absolute atomic E-state index is 0.109. The second-order valence-corrected chi connectivity index (χ2v) is 13.3. The first kappa shape index (κ1) is 26.5. The van der Waals surface area contributed by atoms with Crippen LogP contribution in [0.5, 0.6) is 0 Å². The topological polar surface area (TPSA) is 114 Å². The van der Waals surface area contributed by atoms with E-state index in [1.54, 1.807) is 4.68 Å². The maximum atomic E-state index is 14.2. The molecule has 40 heavy (non-hydrogen) atoms. The van der Waals surface area contributed by atoms with Gasteiger partial charge in [0.1, 0.15) is 17.5 Å². The van der Waals surface area contributed by atoms with Crippen LogP contribution in [0.3, 0.4) is 0 Å². The Morgan fingerprint density at radius 1 is 1.23 bits per heavy atom. The van der Waals surface area contributed by atoms with Gasteiger partial charge in [0.15, 0.2) is 0 Å². The maximum Gasteiger partial charge on any atom is 0.302 e. The lowest BCUT2D eigenvalue weighted by Crippen LogP contribution is -2.53. The fourth-order valence-corrected chi connectivity index (χ4v) is 6.25. The summed E-state index contributed by atoms with van der Waals surface area (Å²) in [6, 6.07) is 6.10. The van der Waals surface area contributed by atoms with Crippen LogP contribution in [-0.4, -0.2) is 56.4 Å². The van der Waals surface area contributed by atoms with Crippen molar-refractivity contribution in [3.63, 3.8) is 0 Å². The minimum Gasteiger partial charge on any atom is -0.342 e. The Morgan fingerprint density at radius 2 is 1.98 bits per heavy atom. The Labute approximate surface area is 234 Å². The number of fused-ring (bicyclic) bond motifs is 2. The van der Waals surface area contributed by atoms with Gasteiger partial charge < -0.3 is 10.6 Å². The lowest BCUT2D eigenvalue weighted by Gasteiger charge is -2.31. The van der Waals surface area contributed by atoms with Crippen molar-refractivity contribution in [1.82, 2.24) is 25.2 Å². The fourth-order valence-electron chi connectivity index (χ4n) is 6.25. The molecule has 1 saturated heterocycles. The van der Waals surface area contributed by atoms with Gasteiger partial charge in [-0.15, -0.1) is 5.10 Å². The highest BCUT2D eigenvalue weighted by Gasteiger charge is 2.59. The summed E-state index contributed by atoms with van der Waals surface area (Å²) >= 11 is 0. The average Bonchev–Trinajstić information content (AvgIpc) is 3.83. The molecule has 0 bridgehead atoms. The molecule has 3 heterocycles. The van der Waals surface area contributed by atoms with E-state index in [-0.39, 0.29) is 36.1 Å². The normalized spacial score (nSPS) is 25.3. The van der Waals surface area contributed by atoms with Gasteiger partial charge in [-0.25, -0.2) is 11.3 Å². The number of carbonyl (C=O) groups is 3. The Bertz CT molecular complexity index is 1380. The molecular weight excluding hydrogens is 506 g/mol. The van der Waals surface area contributed by atoms with E-state index in [9.17, 15) is 14.4 Å². The number of amides is 3. The molecule has 1 aromatic carbocycles. The molecule has 3 amide bonds. The number of anilines is 1. The van der Waals surface area contributed by atoms with E-state index in [4.69, 9.17) is 6.57 Å². The smallest absolute Gasteiger partial charge is 0.302 e. The quantitative estimate of drug-likeness (QED) is 0.492. The molecule has 1 spiro atoms. The molecule has 2 saturated carbocycles. The van der Waals surface area contributed by atoms with E-state index in [0.29, 0.717) is 24.7 Å². The number of hydrogen-bond donors (Lipinski definition) is 2. The molecular formula is C30H37N7O3. The van der Waals surface area contributed by atoms with Crippen molar-refractivity contribution in [2.45, 2.75) is 95.3 Å². The molecule has 2 aromatic rings. The van der Waals surface area contributed by atoms with Crippen LogP contribution in [0.2, 0.25) is 0 Å². The van der Waals surface area contributed by atoms with Gasteiger partial charge in [0.25, 0.3) is 5.91 Å². The monoisotopic (exact) mass is 543 g/mol. The van der Waals surface area contributed by atoms with Gasteiger partial charge in [0.2, 0.25) is 11.8 Å². The molecule has 4 atom stereocenters. The number of para-hydroxylation sites is 1. The maximum absolute atomic E-state index is 14.2. The van der Waals surface area contributed by atoms with E-state index in [0.717, 1.165) is 42.6 Å². The number of carbonyl (C=O) groups excluding carboxylic acids is 3. The van der Waals surface area contributed by atoms with Gasteiger partial charge in [-0.05, 0) is 48.6 Å². The van der Waals surface area contributed by atoms with Gasteiger partial charge in [-0.3, -0.25) is 24.1 Å². The van der Waals surface area contributed by atoms with Crippen molar-refractivity contribution in [2.75, 3.05) is 11.9 Å². The van der Waals surface area contributed by atoms with Crippen LogP contribution in [0.15, 0.2) is 30.5 Å². The van der Waals surface area contributed by atoms with Gasteiger partial charge in [0.05, 0.1) is 12.1 Å². The van der Waals surface area contributed by atoms with Crippen molar-refractivity contribution >= 4 is 23.4 Å². The summed E-state index contributed by atoms with van der Waals surface area (Å²) in [6.07, 6.45) is 6.76. The third-order valence-corrected chi connectivity index (χ3v) is 8.72. The lowest BCUT2D eigenvalue weighted by atomic mass is 9.80.